The Balaban J connectivity index is 2.11. The fourth-order valence-corrected chi connectivity index (χ4v) is 3.69. The van der Waals surface area contributed by atoms with Crippen LogP contribution in [0.5, 0.6) is 0 Å². The highest BCUT2D eigenvalue weighted by molar-refractivity contribution is 7.18. The van der Waals surface area contributed by atoms with Gasteiger partial charge in [-0.3, -0.25) is 0 Å². The van der Waals surface area contributed by atoms with Crippen LogP contribution in [-0.2, 0) is 5.60 Å². The molecule has 1 heterocycles. The molecule has 1 atom stereocenters. The molecule has 4 heteroatoms. The Bertz CT molecular complexity index is 763. The Morgan fingerprint density at radius 2 is 1.91 bits per heavy atom. The van der Waals surface area contributed by atoms with Crippen molar-refractivity contribution in [1.29, 1.82) is 0 Å². The third-order valence-corrected chi connectivity index (χ3v) is 5.12. The number of aromatic nitrogens is 1. The average molecular weight is 330 g/mol. The Labute approximate surface area is 138 Å². The molecule has 0 bridgehead atoms. The van der Waals surface area contributed by atoms with Crippen LogP contribution in [0.25, 0.3) is 10.2 Å². The molecule has 0 aliphatic rings. The molecule has 3 aromatic rings. The molecule has 1 unspecified atom stereocenters. The van der Waals surface area contributed by atoms with Gasteiger partial charge in [-0.15, -0.1) is 17.9 Å². The molecule has 0 aliphatic heterocycles. The third-order valence-electron chi connectivity index (χ3n) is 3.68. The molecule has 0 radical (unpaired) electrons. The number of rotatable bonds is 5. The fraction of sp³-hybridized carbons (Fsp3) is 0.167. The van der Waals surface area contributed by atoms with Crippen molar-refractivity contribution in [3.8, 4) is 0 Å². The number of thiazole rings is 1. The van der Waals surface area contributed by atoms with Crippen LogP contribution in [0.2, 0.25) is 5.02 Å². The minimum absolute atomic E-state index is 0.540. The summed E-state index contributed by atoms with van der Waals surface area (Å²) < 4.78 is 1.07. The topological polar surface area (TPSA) is 33.1 Å². The van der Waals surface area contributed by atoms with Crippen LogP contribution in [-0.4, -0.2) is 10.1 Å². The first kappa shape index (κ1) is 15.2. The van der Waals surface area contributed by atoms with Gasteiger partial charge in [-0.05, 0) is 42.7 Å². The second-order valence-corrected chi connectivity index (χ2v) is 6.65. The van der Waals surface area contributed by atoms with Gasteiger partial charge in [-0.1, -0.05) is 41.9 Å². The first-order chi connectivity index (χ1) is 10.6. The van der Waals surface area contributed by atoms with Crippen molar-refractivity contribution in [2.75, 3.05) is 0 Å². The van der Waals surface area contributed by atoms with E-state index in [4.69, 9.17) is 11.6 Å². The number of halogens is 1. The summed E-state index contributed by atoms with van der Waals surface area (Å²) >= 11 is 7.49. The van der Waals surface area contributed by atoms with Crippen molar-refractivity contribution in [3.63, 3.8) is 0 Å². The van der Waals surface area contributed by atoms with Crippen LogP contribution >= 0.6 is 22.9 Å². The van der Waals surface area contributed by atoms with Crippen molar-refractivity contribution < 1.29 is 5.11 Å². The first-order valence-corrected chi connectivity index (χ1v) is 8.28. The van der Waals surface area contributed by atoms with Crippen LogP contribution in [0.4, 0.5) is 0 Å². The van der Waals surface area contributed by atoms with E-state index >= 15 is 0 Å². The average Bonchev–Trinajstić information content (AvgIpc) is 2.98. The molecule has 0 fully saturated rings. The summed E-state index contributed by atoms with van der Waals surface area (Å²) in [5, 5.41) is 12.7. The summed E-state index contributed by atoms with van der Waals surface area (Å²) in [7, 11) is 0. The molecular weight excluding hydrogens is 314 g/mol. The molecule has 0 aliphatic carbocycles. The number of aliphatic hydroxyl groups is 1. The number of benzene rings is 2. The van der Waals surface area contributed by atoms with E-state index in [1.54, 1.807) is 12.1 Å². The Morgan fingerprint density at radius 1 is 1.18 bits per heavy atom. The van der Waals surface area contributed by atoms with Gasteiger partial charge in [0.2, 0.25) is 0 Å². The summed E-state index contributed by atoms with van der Waals surface area (Å²) in [6.45, 7) is 3.76. The second-order valence-electron chi connectivity index (χ2n) is 5.18. The summed E-state index contributed by atoms with van der Waals surface area (Å²) in [4.78, 5) is 4.64. The van der Waals surface area contributed by atoms with Crippen LogP contribution in [0.3, 0.4) is 0 Å². The molecule has 1 N–H and O–H groups in total. The lowest BCUT2D eigenvalue weighted by atomic mass is 9.89. The van der Waals surface area contributed by atoms with E-state index in [9.17, 15) is 5.11 Å². The number of allylic oxidation sites excluding steroid dienone is 1. The molecule has 0 saturated carbocycles. The maximum Gasteiger partial charge on any atom is 0.141 e. The lowest BCUT2D eigenvalue weighted by molar-refractivity contribution is 0.0720. The van der Waals surface area contributed by atoms with Gasteiger partial charge in [0.1, 0.15) is 10.6 Å². The molecule has 2 nitrogen and oxygen atoms in total. The van der Waals surface area contributed by atoms with Gasteiger partial charge in [0.15, 0.2) is 0 Å². The fourth-order valence-electron chi connectivity index (χ4n) is 2.46. The monoisotopic (exact) mass is 329 g/mol. The van der Waals surface area contributed by atoms with E-state index in [1.165, 1.54) is 11.3 Å². The van der Waals surface area contributed by atoms with Crippen LogP contribution in [0.1, 0.15) is 23.4 Å². The predicted octanol–water partition coefficient (Wildman–Crippen LogP) is 5.15. The Hall–Kier alpha value is -1.68. The smallest absolute Gasteiger partial charge is 0.141 e. The minimum atomic E-state index is -1.12. The normalized spacial score (nSPS) is 13.9. The summed E-state index contributed by atoms with van der Waals surface area (Å²) in [5.74, 6) is 0. The summed E-state index contributed by atoms with van der Waals surface area (Å²) in [6, 6.07) is 15.2. The molecule has 112 valence electrons. The quantitative estimate of drug-likeness (QED) is 0.656. The third kappa shape index (κ3) is 2.80. The van der Waals surface area contributed by atoms with Gasteiger partial charge in [0, 0.05) is 5.02 Å². The van der Waals surface area contributed by atoms with Crippen molar-refractivity contribution >= 4 is 33.2 Å². The zero-order valence-corrected chi connectivity index (χ0v) is 13.6. The molecule has 2 aromatic carbocycles. The van der Waals surface area contributed by atoms with E-state index in [2.05, 4.69) is 11.6 Å². The number of hydrogen-bond donors (Lipinski definition) is 1. The standard InChI is InChI=1S/C18H16ClNOS/c1-2-3-12-18(21,13-8-10-14(19)11-9-13)17-20-15-6-4-5-7-16(15)22-17/h2,4-11,21H,1,3,12H2. The van der Waals surface area contributed by atoms with Gasteiger partial charge in [0.05, 0.1) is 10.2 Å². The van der Waals surface area contributed by atoms with Crippen LogP contribution in [0, 0.1) is 0 Å². The van der Waals surface area contributed by atoms with Crippen molar-refractivity contribution in [2.45, 2.75) is 18.4 Å². The molecular formula is C18H16ClNOS. The second kappa shape index (κ2) is 6.21. The molecule has 0 saturated heterocycles. The Morgan fingerprint density at radius 3 is 2.59 bits per heavy atom. The Kier molecular flexibility index (Phi) is 4.30. The number of fused-ring (bicyclic) bond motifs is 1. The van der Waals surface area contributed by atoms with Crippen molar-refractivity contribution in [1.82, 2.24) is 4.98 Å². The van der Waals surface area contributed by atoms with Crippen LogP contribution < -0.4 is 0 Å². The molecule has 3 rings (SSSR count). The number of nitrogens with zero attached hydrogens (tertiary/aromatic N) is 1. The SMILES string of the molecule is C=CCCC(O)(c1ccc(Cl)cc1)c1nc2ccccc2s1. The highest BCUT2D eigenvalue weighted by atomic mass is 35.5. The number of hydrogen-bond acceptors (Lipinski definition) is 3. The van der Waals surface area contributed by atoms with E-state index in [-0.39, 0.29) is 0 Å². The van der Waals surface area contributed by atoms with Gasteiger partial charge >= 0.3 is 0 Å². The lowest BCUT2D eigenvalue weighted by Gasteiger charge is -2.26. The van der Waals surface area contributed by atoms with E-state index in [0.717, 1.165) is 15.8 Å². The zero-order chi connectivity index (χ0) is 15.6. The molecule has 0 spiro atoms. The molecule has 22 heavy (non-hydrogen) atoms. The first-order valence-electron chi connectivity index (χ1n) is 7.09. The highest BCUT2D eigenvalue weighted by Gasteiger charge is 2.34. The highest BCUT2D eigenvalue weighted by Crippen LogP contribution is 2.38. The predicted molar refractivity (Wildman–Crippen MR) is 93.5 cm³/mol. The maximum atomic E-state index is 11.3. The van der Waals surface area contributed by atoms with E-state index in [1.807, 2.05) is 42.5 Å². The zero-order valence-electron chi connectivity index (χ0n) is 12.0. The lowest BCUT2D eigenvalue weighted by Crippen LogP contribution is -2.26. The number of para-hydroxylation sites is 1. The van der Waals surface area contributed by atoms with E-state index in [0.29, 0.717) is 22.9 Å². The van der Waals surface area contributed by atoms with Crippen molar-refractivity contribution in [2.24, 2.45) is 0 Å². The summed E-state index contributed by atoms with van der Waals surface area (Å²) in [6.07, 6.45) is 3.06. The summed E-state index contributed by atoms with van der Waals surface area (Å²) in [5.41, 5.74) is 0.592. The van der Waals surface area contributed by atoms with Gasteiger partial charge in [-0.25, -0.2) is 4.98 Å². The van der Waals surface area contributed by atoms with E-state index < -0.39 is 5.60 Å². The van der Waals surface area contributed by atoms with Gasteiger partial charge in [0.25, 0.3) is 0 Å². The largest absolute Gasteiger partial charge is 0.378 e. The molecule has 1 aromatic heterocycles. The van der Waals surface area contributed by atoms with Gasteiger partial charge in [-0.2, -0.15) is 0 Å². The minimum Gasteiger partial charge on any atom is -0.378 e. The van der Waals surface area contributed by atoms with Crippen molar-refractivity contribution in [3.05, 3.63) is 76.8 Å². The van der Waals surface area contributed by atoms with Gasteiger partial charge < -0.3 is 5.11 Å². The van der Waals surface area contributed by atoms with Crippen LogP contribution in [0.15, 0.2) is 61.2 Å². The molecule has 0 amide bonds. The maximum absolute atomic E-state index is 11.3.